The zero-order chi connectivity index (χ0) is 12.1. The third-order valence-electron chi connectivity index (χ3n) is 1.82. The van der Waals surface area contributed by atoms with Crippen molar-refractivity contribution in [1.29, 1.82) is 0 Å². The van der Waals surface area contributed by atoms with Gasteiger partial charge in [-0.05, 0) is 18.2 Å². The average molecular weight is 226 g/mol. The summed E-state index contributed by atoms with van der Waals surface area (Å²) < 4.78 is 17.7. The van der Waals surface area contributed by atoms with Gasteiger partial charge in [0, 0.05) is 0 Å². The van der Waals surface area contributed by atoms with Gasteiger partial charge in [-0.1, -0.05) is 0 Å². The third kappa shape index (κ3) is 3.23. The Morgan fingerprint density at radius 3 is 2.62 bits per heavy atom. The molecule has 0 unspecified atom stereocenters. The fraction of sp³-hybridized carbons (Fsp3) is 0.200. The van der Waals surface area contributed by atoms with Gasteiger partial charge in [-0.3, -0.25) is 4.79 Å². The molecule has 16 heavy (non-hydrogen) atoms. The number of hydrogen-bond donors (Lipinski definition) is 2. The van der Waals surface area contributed by atoms with Gasteiger partial charge in [0.2, 0.25) is 5.91 Å². The molecule has 0 fully saturated rings. The van der Waals surface area contributed by atoms with Gasteiger partial charge in [-0.2, -0.15) is 0 Å². The summed E-state index contributed by atoms with van der Waals surface area (Å²) >= 11 is 0. The molecule has 6 heteroatoms. The van der Waals surface area contributed by atoms with Gasteiger partial charge < -0.3 is 16.2 Å². The Labute approximate surface area is 91.2 Å². The van der Waals surface area contributed by atoms with Crippen molar-refractivity contribution in [1.82, 2.24) is 0 Å². The quantitative estimate of drug-likeness (QED) is 0.575. The molecule has 4 N–H and O–H groups in total. The minimum atomic E-state index is -0.722. The molecule has 0 aliphatic heterocycles. The highest BCUT2D eigenvalue weighted by atomic mass is 19.1. The highest BCUT2D eigenvalue weighted by Crippen LogP contribution is 2.12. The lowest BCUT2D eigenvalue weighted by molar-refractivity contribution is -0.118. The van der Waals surface area contributed by atoms with Crippen LogP contribution in [-0.2, 0) is 9.53 Å². The smallest absolute Gasteiger partial charge is 0.338 e. The van der Waals surface area contributed by atoms with E-state index in [4.69, 9.17) is 11.5 Å². The molecule has 0 radical (unpaired) electrons. The van der Waals surface area contributed by atoms with Gasteiger partial charge in [0.05, 0.1) is 17.7 Å². The lowest BCUT2D eigenvalue weighted by Crippen LogP contribution is -2.15. The zero-order valence-electron chi connectivity index (χ0n) is 8.40. The molecule has 0 aliphatic rings. The van der Waals surface area contributed by atoms with Crippen molar-refractivity contribution in [3.63, 3.8) is 0 Å². The van der Waals surface area contributed by atoms with Gasteiger partial charge in [0.15, 0.2) is 0 Å². The van der Waals surface area contributed by atoms with Crippen LogP contribution >= 0.6 is 0 Å². The molecule has 0 aliphatic carbocycles. The standard InChI is InChI=1S/C10H11FN2O3/c11-7-5-6(1-2-8(7)12)10(15)16-4-3-9(13)14/h1-2,5H,3-4,12H2,(H2,13,14). The van der Waals surface area contributed by atoms with Crippen LogP contribution in [0.2, 0.25) is 0 Å². The summed E-state index contributed by atoms with van der Waals surface area (Å²) in [4.78, 5) is 21.7. The predicted octanol–water partition coefficient (Wildman–Crippen LogP) is 0.440. The van der Waals surface area contributed by atoms with E-state index in [1.165, 1.54) is 12.1 Å². The van der Waals surface area contributed by atoms with E-state index in [0.29, 0.717) is 0 Å². The third-order valence-corrected chi connectivity index (χ3v) is 1.82. The summed E-state index contributed by atoms with van der Waals surface area (Å²) in [5, 5.41) is 0. The van der Waals surface area contributed by atoms with E-state index in [0.717, 1.165) is 6.07 Å². The number of benzene rings is 1. The number of ether oxygens (including phenoxy) is 1. The summed E-state index contributed by atoms with van der Waals surface area (Å²) in [6.07, 6.45) is -0.0663. The molecule has 0 aromatic heterocycles. The fourth-order valence-electron chi connectivity index (χ4n) is 0.982. The van der Waals surface area contributed by atoms with Crippen molar-refractivity contribution in [3.8, 4) is 0 Å². The first kappa shape index (κ1) is 12.0. The van der Waals surface area contributed by atoms with Crippen molar-refractivity contribution < 1.29 is 18.7 Å². The summed E-state index contributed by atoms with van der Waals surface area (Å²) in [6, 6.07) is 3.58. The maximum absolute atomic E-state index is 13.0. The lowest BCUT2D eigenvalue weighted by Gasteiger charge is -2.04. The molecule has 1 rings (SSSR count). The Hall–Kier alpha value is -2.11. The number of nitrogens with two attached hydrogens (primary N) is 2. The number of carbonyl (C=O) groups is 2. The van der Waals surface area contributed by atoms with E-state index in [1.807, 2.05) is 0 Å². The molecule has 5 nitrogen and oxygen atoms in total. The largest absolute Gasteiger partial charge is 0.462 e. The first-order valence-corrected chi connectivity index (χ1v) is 4.51. The molecule has 1 aromatic rings. The molecule has 0 bridgehead atoms. The maximum atomic E-state index is 13.0. The molecule has 1 amide bonds. The van der Waals surface area contributed by atoms with E-state index in [1.54, 1.807) is 0 Å². The second-order valence-electron chi connectivity index (χ2n) is 3.09. The van der Waals surface area contributed by atoms with Crippen molar-refractivity contribution in [2.45, 2.75) is 6.42 Å². The van der Waals surface area contributed by atoms with E-state index < -0.39 is 17.7 Å². The monoisotopic (exact) mass is 226 g/mol. The number of esters is 1. The number of amides is 1. The van der Waals surface area contributed by atoms with Gasteiger partial charge in [0.1, 0.15) is 12.4 Å². The number of halogens is 1. The van der Waals surface area contributed by atoms with Gasteiger partial charge >= 0.3 is 5.97 Å². The van der Waals surface area contributed by atoms with Crippen LogP contribution in [0, 0.1) is 5.82 Å². The maximum Gasteiger partial charge on any atom is 0.338 e. The highest BCUT2D eigenvalue weighted by molar-refractivity contribution is 5.90. The highest BCUT2D eigenvalue weighted by Gasteiger charge is 2.09. The Balaban J connectivity index is 2.59. The number of primary amides is 1. The van der Waals surface area contributed by atoms with Gasteiger partial charge in [-0.25, -0.2) is 9.18 Å². The van der Waals surface area contributed by atoms with E-state index >= 15 is 0 Å². The molecular weight excluding hydrogens is 215 g/mol. The van der Waals surface area contributed by atoms with Gasteiger partial charge in [-0.15, -0.1) is 0 Å². The van der Waals surface area contributed by atoms with E-state index in [9.17, 15) is 14.0 Å². The zero-order valence-corrected chi connectivity index (χ0v) is 8.40. The van der Waals surface area contributed by atoms with Crippen LogP contribution < -0.4 is 11.5 Å². The summed E-state index contributed by atoms with van der Waals surface area (Å²) in [5.74, 6) is -1.99. The SMILES string of the molecule is NC(=O)CCOC(=O)c1ccc(N)c(F)c1. The number of anilines is 1. The fourth-order valence-corrected chi connectivity index (χ4v) is 0.982. The summed E-state index contributed by atoms with van der Waals surface area (Å²) in [5.41, 5.74) is 10.1. The van der Waals surface area contributed by atoms with Crippen LogP contribution in [-0.4, -0.2) is 18.5 Å². The van der Waals surface area contributed by atoms with Crippen LogP contribution in [0.4, 0.5) is 10.1 Å². The molecule has 0 saturated heterocycles. The summed E-state index contributed by atoms with van der Waals surface area (Å²) in [6.45, 7) is -0.125. The molecule has 86 valence electrons. The Kier molecular flexibility index (Phi) is 3.82. The van der Waals surface area contributed by atoms with Crippen LogP contribution in [0.1, 0.15) is 16.8 Å². The van der Waals surface area contributed by atoms with Crippen molar-refractivity contribution in [3.05, 3.63) is 29.6 Å². The molecule has 0 heterocycles. The van der Waals surface area contributed by atoms with Crippen LogP contribution in [0.15, 0.2) is 18.2 Å². The number of hydrogen-bond acceptors (Lipinski definition) is 4. The minimum Gasteiger partial charge on any atom is -0.462 e. The van der Waals surface area contributed by atoms with Crippen LogP contribution in [0.25, 0.3) is 0 Å². The van der Waals surface area contributed by atoms with E-state index in [2.05, 4.69) is 4.74 Å². The minimum absolute atomic E-state index is 0.0381. The first-order chi connectivity index (χ1) is 7.50. The van der Waals surface area contributed by atoms with Crippen molar-refractivity contribution in [2.24, 2.45) is 5.73 Å². The molecular formula is C10H11FN2O3. The number of nitrogen functional groups attached to an aromatic ring is 1. The Morgan fingerprint density at radius 1 is 1.38 bits per heavy atom. The number of rotatable bonds is 4. The summed E-state index contributed by atoms with van der Waals surface area (Å²) in [7, 11) is 0. The lowest BCUT2D eigenvalue weighted by atomic mass is 10.2. The Morgan fingerprint density at radius 2 is 2.06 bits per heavy atom. The normalized spacial score (nSPS) is 9.81. The predicted molar refractivity (Wildman–Crippen MR) is 54.9 cm³/mol. The molecule has 0 spiro atoms. The topological polar surface area (TPSA) is 95.4 Å². The van der Waals surface area contributed by atoms with Gasteiger partial charge in [0.25, 0.3) is 0 Å². The second-order valence-corrected chi connectivity index (χ2v) is 3.09. The molecule has 0 atom stereocenters. The molecule has 1 aromatic carbocycles. The van der Waals surface area contributed by atoms with Crippen molar-refractivity contribution >= 4 is 17.6 Å². The Bertz CT molecular complexity index is 421. The van der Waals surface area contributed by atoms with Crippen LogP contribution in [0.3, 0.4) is 0 Å². The molecule has 0 saturated carbocycles. The number of carbonyl (C=O) groups excluding carboxylic acids is 2. The first-order valence-electron chi connectivity index (χ1n) is 4.51. The van der Waals surface area contributed by atoms with Crippen molar-refractivity contribution in [2.75, 3.05) is 12.3 Å². The average Bonchev–Trinajstić information content (AvgIpc) is 2.21. The second kappa shape index (κ2) is 5.11. The van der Waals surface area contributed by atoms with Crippen LogP contribution in [0.5, 0.6) is 0 Å². The van der Waals surface area contributed by atoms with E-state index in [-0.39, 0.29) is 24.3 Å².